The van der Waals surface area contributed by atoms with E-state index in [4.69, 9.17) is 4.74 Å². The fourth-order valence-electron chi connectivity index (χ4n) is 3.01. The highest BCUT2D eigenvalue weighted by atomic mass is 127. The second kappa shape index (κ2) is 12.8. The van der Waals surface area contributed by atoms with E-state index in [9.17, 15) is 4.79 Å². The Balaban J connectivity index is 0.00000385. The molecule has 0 spiro atoms. The molecule has 0 aliphatic rings. The second-order valence-corrected chi connectivity index (χ2v) is 7.54. The Morgan fingerprint density at radius 1 is 1.09 bits per heavy atom. The lowest BCUT2D eigenvalue weighted by atomic mass is 10.2. The minimum absolute atomic E-state index is 0. The Bertz CT molecular complexity index is 1060. The summed E-state index contributed by atoms with van der Waals surface area (Å²) in [5, 5.41) is 11.0. The number of aliphatic imine (C=N–C) groups is 1. The number of aromatic nitrogens is 2. The van der Waals surface area contributed by atoms with Crippen LogP contribution in [0.3, 0.4) is 0 Å². The summed E-state index contributed by atoms with van der Waals surface area (Å²) in [6.07, 6.45) is 1.95. The number of aryl methyl sites for hydroxylation is 1. The third kappa shape index (κ3) is 7.77. The maximum atomic E-state index is 12.1. The van der Waals surface area contributed by atoms with Gasteiger partial charge in [-0.2, -0.15) is 5.10 Å². The zero-order valence-electron chi connectivity index (χ0n) is 19.4. The summed E-state index contributed by atoms with van der Waals surface area (Å²) in [5.74, 6) is 1.33. The third-order valence-electron chi connectivity index (χ3n) is 4.89. The Kier molecular flexibility index (Phi) is 10.2. The molecule has 0 saturated heterocycles. The first-order chi connectivity index (χ1) is 15.5. The Hall–Kier alpha value is -3.08. The Morgan fingerprint density at radius 3 is 2.45 bits per heavy atom. The van der Waals surface area contributed by atoms with E-state index in [1.165, 1.54) is 0 Å². The van der Waals surface area contributed by atoms with Gasteiger partial charge >= 0.3 is 0 Å². The van der Waals surface area contributed by atoms with E-state index in [0.717, 1.165) is 28.3 Å². The van der Waals surface area contributed by atoms with Crippen LogP contribution in [0.1, 0.15) is 16.8 Å². The average molecular weight is 562 g/mol. The number of para-hydroxylation sites is 1. The molecule has 1 amide bonds. The molecule has 0 aliphatic carbocycles. The van der Waals surface area contributed by atoms with Crippen LogP contribution in [0.15, 0.2) is 65.8 Å². The molecule has 9 heteroatoms. The molecule has 0 saturated carbocycles. The molecular formula is C24H31IN6O2. The number of ether oxygens (including phenoxy) is 1. The Labute approximate surface area is 212 Å². The summed E-state index contributed by atoms with van der Waals surface area (Å²) in [7, 11) is 5.10. The van der Waals surface area contributed by atoms with Gasteiger partial charge in [-0.05, 0) is 42.3 Å². The van der Waals surface area contributed by atoms with Crippen LogP contribution in [-0.4, -0.2) is 54.3 Å². The first kappa shape index (κ1) is 26.2. The van der Waals surface area contributed by atoms with Gasteiger partial charge in [0.15, 0.2) is 5.96 Å². The van der Waals surface area contributed by atoms with Crippen molar-refractivity contribution in [2.75, 3.05) is 27.7 Å². The maximum Gasteiger partial charge on any atom is 0.241 e. The largest absolute Gasteiger partial charge is 0.497 e. The van der Waals surface area contributed by atoms with Crippen molar-refractivity contribution >= 4 is 35.8 Å². The molecule has 33 heavy (non-hydrogen) atoms. The standard InChI is InChI=1S/C24H30N6O2.HI/c1-18-13-14-30(28-18)22-8-6-5-7-20(22)16-26-24(27-17-23(31)29(2)3)25-15-19-9-11-21(32-4)12-10-19;/h5-14H,15-17H2,1-4H3,(H2,25,26,27);1H. The van der Waals surface area contributed by atoms with E-state index in [1.807, 2.05) is 72.4 Å². The number of likely N-dealkylation sites (N-methyl/N-ethyl adjacent to an activating group) is 1. The van der Waals surface area contributed by atoms with Gasteiger partial charge in [0.2, 0.25) is 5.91 Å². The van der Waals surface area contributed by atoms with Crippen LogP contribution in [0.4, 0.5) is 0 Å². The van der Waals surface area contributed by atoms with E-state index in [0.29, 0.717) is 19.0 Å². The second-order valence-electron chi connectivity index (χ2n) is 7.54. The zero-order chi connectivity index (χ0) is 22.9. The maximum absolute atomic E-state index is 12.1. The predicted molar refractivity (Wildman–Crippen MR) is 141 cm³/mol. The van der Waals surface area contributed by atoms with Gasteiger partial charge in [0.05, 0.1) is 31.6 Å². The van der Waals surface area contributed by atoms with Crippen molar-refractivity contribution in [2.45, 2.75) is 20.0 Å². The highest BCUT2D eigenvalue weighted by Gasteiger charge is 2.09. The van der Waals surface area contributed by atoms with Gasteiger partial charge in [-0.15, -0.1) is 24.0 Å². The minimum atomic E-state index is -0.0311. The van der Waals surface area contributed by atoms with E-state index in [-0.39, 0.29) is 36.4 Å². The molecule has 1 aromatic heterocycles. The van der Waals surface area contributed by atoms with Gasteiger partial charge in [0.1, 0.15) is 5.75 Å². The number of amides is 1. The number of guanidine groups is 1. The summed E-state index contributed by atoms with van der Waals surface area (Å²) in [6.45, 7) is 3.11. The van der Waals surface area contributed by atoms with Gasteiger partial charge < -0.3 is 20.3 Å². The smallest absolute Gasteiger partial charge is 0.241 e. The van der Waals surface area contributed by atoms with Crippen LogP contribution in [-0.2, 0) is 17.9 Å². The van der Waals surface area contributed by atoms with Crippen molar-refractivity contribution in [2.24, 2.45) is 4.99 Å². The SMILES string of the molecule is COc1ccc(CN=C(NCC(=O)N(C)C)NCc2ccccc2-n2ccc(C)n2)cc1.I. The van der Waals surface area contributed by atoms with Crippen molar-refractivity contribution in [1.82, 2.24) is 25.3 Å². The molecule has 0 radical (unpaired) electrons. The molecule has 0 aliphatic heterocycles. The zero-order valence-corrected chi connectivity index (χ0v) is 21.7. The topological polar surface area (TPSA) is 83.8 Å². The van der Waals surface area contributed by atoms with Crippen LogP contribution in [0.2, 0.25) is 0 Å². The van der Waals surface area contributed by atoms with Crippen LogP contribution < -0.4 is 15.4 Å². The molecule has 0 atom stereocenters. The molecule has 0 unspecified atom stereocenters. The number of methoxy groups -OCH3 is 1. The number of benzene rings is 2. The van der Waals surface area contributed by atoms with E-state index in [1.54, 1.807) is 26.1 Å². The predicted octanol–water partition coefficient (Wildman–Crippen LogP) is 3.13. The summed E-state index contributed by atoms with van der Waals surface area (Å²) in [4.78, 5) is 18.3. The van der Waals surface area contributed by atoms with Gasteiger partial charge in [-0.3, -0.25) is 4.79 Å². The number of nitrogens with zero attached hydrogens (tertiary/aromatic N) is 4. The number of hydrogen-bond donors (Lipinski definition) is 2. The van der Waals surface area contributed by atoms with Crippen molar-refractivity contribution in [3.63, 3.8) is 0 Å². The third-order valence-corrected chi connectivity index (χ3v) is 4.89. The molecule has 3 aromatic rings. The molecule has 2 aromatic carbocycles. The van der Waals surface area contributed by atoms with E-state index < -0.39 is 0 Å². The van der Waals surface area contributed by atoms with Gasteiger partial charge in [0.25, 0.3) is 0 Å². The van der Waals surface area contributed by atoms with Crippen molar-refractivity contribution in [3.05, 3.63) is 77.6 Å². The first-order valence-corrected chi connectivity index (χ1v) is 10.4. The van der Waals surface area contributed by atoms with Gasteiger partial charge in [0, 0.05) is 26.8 Å². The molecule has 1 heterocycles. The molecule has 176 valence electrons. The van der Waals surface area contributed by atoms with E-state index in [2.05, 4.69) is 20.7 Å². The summed E-state index contributed by atoms with van der Waals surface area (Å²) in [5.41, 5.74) is 4.05. The quantitative estimate of drug-likeness (QED) is 0.251. The molecular weight excluding hydrogens is 531 g/mol. The lowest BCUT2D eigenvalue weighted by Crippen LogP contribution is -2.42. The van der Waals surface area contributed by atoms with Crippen molar-refractivity contribution < 1.29 is 9.53 Å². The first-order valence-electron chi connectivity index (χ1n) is 10.4. The van der Waals surface area contributed by atoms with Crippen molar-refractivity contribution in [1.29, 1.82) is 0 Å². The van der Waals surface area contributed by atoms with Gasteiger partial charge in [-0.1, -0.05) is 30.3 Å². The number of rotatable bonds is 8. The molecule has 2 N–H and O–H groups in total. The normalized spacial score (nSPS) is 10.8. The monoisotopic (exact) mass is 562 g/mol. The fourth-order valence-corrected chi connectivity index (χ4v) is 3.01. The molecule has 8 nitrogen and oxygen atoms in total. The van der Waals surface area contributed by atoms with Crippen molar-refractivity contribution in [3.8, 4) is 11.4 Å². The number of carbonyl (C=O) groups excluding carboxylic acids is 1. The molecule has 3 rings (SSSR count). The summed E-state index contributed by atoms with van der Waals surface area (Å²) in [6, 6.07) is 17.8. The summed E-state index contributed by atoms with van der Waals surface area (Å²) >= 11 is 0. The lowest BCUT2D eigenvalue weighted by molar-refractivity contribution is -0.127. The Morgan fingerprint density at radius 2 is 1.82 bits per heavy atom. The number of hydrogen-bond acceptors (Lipinski definition) is 4. The van der Waals surface area contributed by atoms with Gasteiger partial charge in [-0.25, -0.2) is 9.67 Å². The highest BCUT2D eigenvalue weighted by Crippen LogP contribution is 2.14. The van der Waals surface area contributed by atoms with Crippen LogP contribution in [0, 0.1) is 6.92 Å². The number of halogens is 1. The molecule has 0 bridgehead atoms. The van der Waals surface area contributed by atoms with Crippen LogP contribution in [0.5, 0.6) is 5.75 Å². The fraction of sp³-hybridized carbons (Fsp3) is 0.292. The number of nitrogens with one attached hydrogen (secondary N) is 2. The molecule has 0 fully saturated rings. The lowest BCUT2D eigenvalue weighted by Gasteiger charge is -2.16. The average Bonchev–Trinajstić information content (AvgIpc) is 3.24. The van der Waals surface area contributed by atoms with Crippen LogP contribution in [0.25, 0.3) is 5.69 Å². The summed E-state index contributed by atoms with van der Waals surface area (Å²) < 4.78 is 7.07. The highest BCUT2D eigenvalue weighted by molar-refractivity contribution is 14.0. The minimum Gasteiger partial charge on any atom is -0.497 e. The van der Waals surface area contributed by atoms with Crippen LogP contribution >= 0.6 is 24.0 Å². The number of carbonyl (C=O) groups is 1. The van der Waals surface area contributed by atoms with E-state index >= 15 is 0 Å².